The first-order valence-electron chi connectivity index (χ1n) is 11.5. The summed E-state index contributed by atoms with van der Waals surface area (Å²) in [6.45, 7) is 7.00. The van der Waals surface area contributed by atoms with Gasteiger partial charge in [0.25, 0.3) is 11.7 Å². The molecule has 0 spiro atoms. The van der Waals surface area contributed by atoms with Crippen molar-refractivity contribution < 1.29 is 23.8 Å². The predicted molar refractivity (Wildman–Crippen MR) is 129 cm³/mol. The van der Waals surface area contributed by atoms with Crippen molar-refractivity contribution in [2.24, 2.45) is 0 Å². The molecule has 1 aromatic heterocycles. The molecule has 1 N–H and O–H groups in total. The van der Waals surface area contributed by atoms with Crippen molar-refractivity contribution in [2.45, 2.75) is 45.1 Å². The van der Waals surface area contributed by atoms with Crippen molar-refractivity contribution >= 4 is 23.1 Å². The highest BCUT2D eigenvalue weighted by molar-refractivity contribution is 6.51. The van der Waals surface area contributed by atoms with E-state index in [1.165, 1.54) is 11.2 Å². The van der Waals surface area contributed by atoms with Crippen molar-refractivity contribution in [3.05, 3.63) is 88.9 Å². The summed E-state index contributed by atoms with van der Waals surface area (Å²) in [5, 5.41) is 11.3. The van der Waals surface area contributed by atoms with E-state index in [1.807, 2.05) is 30.3 Å². The molecule has 6 heteroatoms. The Balaban J connectivity index is 1.63. The smallest absolute Gasteiger partial charge is 0.300 e. The number of anilines is 1. The number of carbonyl (C=O) groups is 2. The van der Waals surface area contributed by atoms with Crippen molar-refractivity contribution in [1.29, 1.82) is 0 Å². The number of amides is 1. The lowest BCUT2D eigenvalue weighted by molar-refractivity contribution is -0.132. The minimum absolute atomic E-state index is 0.0107. The van der Waals surface area contributed by atoms with Gasteiger partial charge in [-0.2, -0.15) is 0 Å². The largest absolute Gasteiger partial charge is 0.507 e. The van der Waals surface area contributed by atoms with E-state index in [0.717, 1.165) is 29.7 Å². The Morgan fingerprint density at radius 2 is 1.82 bits per heavy atom. The van der Waals surface area contributed by atoms with Gasteiger partial charge in [-0.1, -0.05) is 32.9 Å². The standard InChI is InChI=1S/C28H27NO5/c1-28(2,3)19-9-11-20(12-10-19)29-24(22-7-5-15-34-22)23(26(31)27(29)32)25(30)18-8-13-21-17(16-18)6-4-14-33-21/h5,7-13,15-16,24,30H,4,6,14H2,1-3H3/b25-23-. The molecule has 0 radical (unpaired) electrons. The number of Topliss-reactive ketones (excluding diaryl/α,β-unsaturated/α-hetero) is 1. The van der Waals surface area contributed by atoms with Gasteiger partial charge in [-0.05, 0) is 71.8 Å². The van der Waals surface area contributed by atoms with Gasteiger partial charge in [0.1, 0.15) is 23.3 Å². The number of hydrogen-bond acceptors (Lipinski definition) is 5. The number of aliphatic hydroxyl groups is 1. The van der Waals surface area contributed by atoms with E-state index >= 15 is 0 Å². The van der Waals surface area contributed by atoms with Gasteiger partial charge in [0.2, 0.25) is 0 Å². The van der Waals surface area contributed by atoms with Crippen molar-refractivity contribution in [3.8, 4) is 5.75 Å². The number of benzene rings is 2. The van der Waals surface area contributed by atoms with Crippen LogP contribution in [0, 0.1) is 0 Å². The lowest BCUT2D eigenvalue weighted by Gasteiger charge is -2.25. The molecule has 2 aliphatic heterocycles. The molecule has 5 rings (SSSR count). The summed E-state index contributed by atoms with van der Waals surface area (Å²) in [5.41, 5.74) is 3.08. The summed E-state index contributed by atoms with van der Waals surface area (Å²) in [6.07, 6.45) is 3.21. The Hall–Kier alpha value is -3.80. The van der Waals surface area contributed by atoms with Crippen molar-refractivity contribution in [2.75, 3.05) is 11.5 Å². The second kappa shape index (κ2) is 8.20. The lowest BCUT2D eigenvalue weighted by Crippen LogP contribution is -2.29. The second-order valence-corrected chi connectivity index (χ2v) is 9.76. The third kappa shape index (κ3) is 3.69. The Bertz CT molecular complexity index is 1280. The van der Waals surface area contributed by atoms with E-state index in [-0.39, 0.29) is 16.7 Å². The van der Waals surface area contributed by atoms with Gasteiger partial charge in [0.15, 0.2) is 0 Å². The number of nitrogens with zero attached hydrogens (tertiary/aromatic N) is 1. The van der Waals surface area contributed by atoms with Crippen LogP contribution >= 0.6 is 0 Å². The molecule has 3 aromatic rings. The molecular weight excluding hydrogens is 430 g/mol. The molecular formula is C28H27NO5. The molecule has 0 aliphatic carbocycles. The molecule has 0 saturated carbocycles. The fourth-order valence-electron chi connectivity index (χ4n) is 4.60. The molecule has 1 amide bonds. The average molecular weight is 458 g/mol. The summed E-state index contributed by atoms with van der Waals surface area (Å²) in [4.78, 5) is 27.9. The highest BCUT2D eigenvalue weighted by atomic mass is 16.5. The first-order valence-corrected chi connectivity index (χ1v) is 11.5. The Kier molecular flexibility index (Phi) is 5.31. The van der Waals surface area contributed by atoms with Crippen LogP contribution in [0.5, 0.6) is 5.75 Å². The summed E-state index contributed by atoms with van der Waals surface area (Å²) in [7, 11) is 0. The molecule has 1 atom stereocenters. The summed E-state index contributed by atoms with van der Waals surface area (Å²) in [5.74, 6) is -0.478. The number of ketones is 1. The molecule has 2 aliphatic rings. The molecule has 3 heterocycles. The zero-order chi connectivity index (χ0) is 24.0. The Labute approximate surface area is 198 Å². The second-order valence-electron chi connectivity index (χ2n) is 9.76. The van der Waals surface area contributed by atoms with Gasteiger partial charge in [0, 0.05) is 11.3 Å². The van der Waals surface area contributed by atoms with E-state index in [1.54, 1.807) is 24.3 Å². The van der Waals surface area contributed by atoms with Crippen molar-refractivity contribution in [1.82, 2.24) is 0 Å². The highest BCUT2D eigenvalue weighted by Crippen LogP contribution is 2.43. The fraction of sp³-hybridized carbons (Fsp3) is 0.286. The van der Waals surface area contributed by atoms with Gasteiger partial charge in [0.05, 0.1) is 18.4 Å². The normalized spacial score (nSPS) is 19.7. The molecule has 2 aromatic carbocycles. The predicted octanol–water partition coefficient (Wildman–Crippen LogP) is 5.53. The van der Waals surface area contributed by atoms with E-state index in [2.05, 4.69) is 20.8 Å². The monoisotopic (exact) mass is 457 g/mol. The fourth-order valence-corrected chi connectivity index (χ4v) is 4.60. The number of hydrogen-bond donors (Lipinski definition) is 1. The van der Waals surface area contributed by atoms with Crippen LogP contribution in [-0.2, 0) is 21.4 Å². The number of carbonyl (C=O) groups excluding carboxylic acids is 2. The van der Waals surface area contributed by atoms with E-state index in [0.29, 0.717) is 23.6 Å². The zero-order valence-corrected chi connectivity index (χ0v) is 19.5. The molecule has 174 valence electrons. The summed E-state index contributed by atoms with van der Waals surface area (Å²) in [6, 6.07) is 15.5. The van der Waals surface area contributed by atoms with E-state index in [9.17, 15) is 14.7 Å². The average Bonchev–Trinajstić information content (AvgIpc) is 3.45. The maximum absolute atomic E-state index is 13.2. The van der Waals surface area contributed by atoms with Gasteiger partial charge in [-0.15, -0.1) is 0 Å². The number of fused-ring (bicyclic) bond motifs is 1. The minimum atomic E-state index is -0.872. The van der Waals surface area contributed by atoms with Gasteiger partial charge in [-0.25, -0.2) is 0 Å². The third-order valence-electron chi connectivity index (χ3n) is 6.45. The van der Waals surface area contributed by atoms with Gasteiger partial charge >= 0.3 is 0 Å². The van der Waals surface area contributed by atoms with E-state index < -0.39 is 17.7 Å². The van der Waals surface area contributed by atoms with Crippen LogP contribution in [0.15, 0.2) is 70.9 Å². The van der Waals surface area contributed by atoms with E-state index in [4.69, 9.17) is 9.15 Å². The maximum Gasteiger partial charge on any atom is 0.300 e. The van der Waals surface area contributed by atoms with Gasteiger partial charge in [-0.3, -0.25) is 14.5 Å². The Morgan fingerprint density at radius 1 is 1.06 bits per heavy atom. The molecule has 1 saturated heterocycles. The van der Waals surface area contributed by atoms with Crippen LogP contribution in [0.25, 0.3) is 5.76 Å². The number of rotatable bonds is 3. The van der Waals surface area contributed by atoms with Crippen LogP contribution in [0.4, 0.5) is 5.69 Å². The molecule has 0 bridgehead atoms. The SMILES string of the molecule is CC(C)(C)c1ccc(N2C(=O)C(=O)/C(=C(\O)c3ccc4c(c3)CCCO4)C2c2ccco2)cc1. The first kappa shape index (κ1) is 22.0. The molecule has 34 heavy (non-hydrogen) atoms. The number of aliphatic hydroxyl groups excluding tert-OH is 1. The van der Waals surface area contributed by atoms with Gasteiger partial charge < -0.3 is 14.3 Å². The van der Waals surface area contributed by atoms with Crippen molar-refractivity contribution in [3.63, 3.8) is 0 Å². The molecule has 1 unspecified atom stereocenters. The summed E-state index contributed by atoms with van der Waals surface area (Å²) >= 11 is 0. The highest BCUT2D eigenvalue weighted by Gasteiger charge is 2.48. The lowest BCUT2D eigenvalue weighted by atomic mass is 9.87. The topological polar surface area (TPSA) is 80.0 Å². The van der Waals surface area contributed by atoms with Crippen LogP contribution in [0.2, 0.25) is 0 Å². The maximum atomic E-state index is 13.2. The van der Waals surface area contributed by atoms with Crippen LogP contribution in [0.1, 0.15) is 55.7 Å². The first-order chi connectivity index (χ1) is 16.3. The number of ether oxygens (including phenoxy) is 1. The minimum Gasteiger partial charge on any atom is -0.507 e. The number of furan rings is 1. The quantitative estimate of drug-likeness (QED) is 0.318. The molecule has 1 fully saturated rings. The van der Waals surface area contributed by atoms with Crippen LogP contribution in [-0.4, -0.2) is 23.4 Å². The van der Waals surface area contributed by atoms with Crippen LogP contribution in [0.3, 0.4) is 0 Å². The van der Waals surface area contributed by atoms with Crippen LogP contribution < -0.4 is 9.64 Å². The number of aryl methyl sites for hydroxylation is 1. The third-order valence-corrected chi connectivity index (χ3v) is 6.45. The Morgan fingerprint density at radius 3 is 2.50 bits per heavy atom. The summed E-state index contributed by atoms with van der Waals surface area (Å²) < 4.78 is 11.3. The zero-order valence-electron chi connectivity index (χ0n) is 19.5. The molecule has 6 nitrogen and oxygen atoms in total.